The molecule has 2 aromatic rings. The number of nitrogens with one attached hydrogen (secondary N) is 1. The average Bonchev–Trinajstić information content (AvgIpc) is 2.77. The monoisotopic (exact) mass is 254 g/mol. The SMILES string of the molecule is CC1C(c2ccccc2)OC(c2ccccc2)[NH+]1C. The van der Waals surface area contributed by atoms with Crippen molar-refractivity contribution in [3.05, 3.63) is 71.8 Å². The predicted octanol–water partition coefficient (Wildman–Crippen LogP) is 2.36. The molecule has 1 saturated heterocycles. The maximum absolute atomic E-state index is 6.32. The lowest BCUT2D eigenvalue weighted by molar-refractivity contribution is -0.933. The number of rotatable bonds is 2. The summed E-state index contributed by atoms with van der Waals surface area (Å²) in [4.78, 5) is 1.42. The summed E-state index contributed by atoms with van der Waals surface area (Å²) in [7, 11) is 2.21. The number of hydrogen-bond acceptors (Lipinski definition) is 1. The van der Waals surface area contributed by atoms with Crippen molar-refractivity contribution in [2.45, 2.75) is 25.3 Å². The van der Waals surface area contributed by atoms with Crippen molar-refractivity contribution in [3.63, 3.8) is 0 Å². The van der Waals surface area contributed by atoms with Crippen LogP contribution in [0, 0.1) is 0 Å². The minimum Gasteiger partial charge on any atom is -0.311 e. The molecule has 4 unspecified atom stereocenters. The molecule has 2 aromatic carbocycles. The van der Waals surface area contributed by atoms with Gasteiger partial charge in [-0.3, -0.25) is 0 Å². The first-order chi connectivity index (χ1) is 9.27. The molecule has 0 aliphatic carbocycles. The molecule has 98 valence electrons. The van der Waals surface area contributed by atoms with Gasteiger partial charge in [-0.15, -0.1) is 0 Å². The summed E-state index contributed by atoms with van der Waals surface area (Å²) in [5, 5.41) is 0. The van der Waals surface area contributed by atoms with E-state index < -0.39 is 0 Å². The van der Waals surface area contributed by atoms with Gasteiger partial charge in [0, 0.05) is 5.56 Å². The third-order valence-electron chi connectivity index (χ3n) is 4.10. The van der Waals surface area contributed by atoms with Crippen LogP contribution >= 0.6 is 0 Å². The molecule has 0 saturated carbocycles. The maximum Gasteiger partial charge on any atom is 0.219 e. The molecule has 2 nitrogen and oxygen atoms in total. The quantitative estimate of drug-likeness (QED) is 0.868. The van der Waals surface area contributed by atoms with Crippen LogP contribution in [-0.4, -0.2) is 13.1 Å². The van der Waals surface area contributed by atoms with Gasteiger partial charge in [-0.1, -0.05) is 60.7 Å². The highest BCUT2D eigenvalue weighted by molar-refractivity contribution is 5.21. The molecular weight excluding hydrogens is 234 g/mol. The van der Waals surface area contributed by atoms with Crippen molar-refractivity contribution >= 4 is 0 Å². The standard InChI is InChI=1S/C17H19NO/c1-13-16(14-9-5-3-6-10-14)19-17(18(13)2)15-11-7-4-8-12-15/h3-13,16-17H,1-2H3/p+1. The summed E-state index contributed by atoms with van der Waals surface area (Å²) in [5.41, 5.74) is 2.53. The van der Waals surface area contributed by atoms with E-state index >= 15 is 0 Å². The average molecular weight is 254 g/mol. The van der Waals surface area contributed by atoms with Crippen molar-refractivity contribution < 1.29 is 9.64 Å². The third kappa shape index (κ3) is 2.29. The van der Waals surface area contributed by atoms with E-state index in [0.717, 1.165) is 0 Å². The molecule has 1 aliphatic heterocycles. The summed E-state index contributed by atoms with van der Waals surface area (Å²) >= 11 is 0. The second-order valence-electron chi connectivity index (χ2n) is 5.29. The molecule has 4 atom stereocenters. The molecule has 3 rings (SSSR count). The van der Waals surface area contributed by atoms with Crippen molar-refractivity contribution in [1.29, 1.82) is 0 Å². The van der Waals surface area contributed by atoms with E-state index in [1.807, 2.05) is 12.1 Å². The van der Waals surface area contributed by atoms with Gasteiger partial charge in [0.25, 0.3) is 0 Å². The van der Waals surface area contributed by atoms with Gasteiger partial charge in [-0.05, 0) is 12.5 Å². The smallest absolute Gasteiger partial charge is 0.219 e. The van der Waals surface area contributed by atoms with E-state index in [4.69, 9.17) is 4.74 Å². The van der Waals surface area contributed by atoms with Crippen LogP contribution in [-0.2, 0) is 4.74 Å². The van der Waals surface area contributed by atoms with Crippen LogP contribution < -0.4 is 4.90 Å². The highest BCUT2D eigenvalue weighted by atomic mass is 16.5. The Balaban J connectivity index is 1.88. The largest absolute Gasteiger partial charge is 0.311 e. The number of hydrogen-bond donors (Lipinski definition) is 1. The number of likely N-dealkylation sites (N-methyl/N-ethyl adjacent to an activating group) is 1. The topological polar surface area (TPSA) is 13.7 Å². The molecule has 1 fully saturated rings. The Labute approximate surface area is 114 Å². The van der Waals surface area contributed by atoms with E-state index in [2.05, 4.69) is 62.5 Å². The first-order valence-electron chi connectivity index (χ1n) is 6.86. The molecule has 1 N–H and O–H groups in total. The van der Waals surface area contributed by atoms with E-state index in [-0.39, 0.29) is 12.3 Å². The fraction of sp³-hybridized carbons (Fsp3) is 0.294. The first kappa shape index (κ1) is 12.4. The summed E-state index contributed by atoms with van der Waals surface area (Å²) in [6.45, 7) is 2.26. The molecular formula is C17H20NO+. The Kier molecular flexibility index (Phi) is 3.36. The molecule has 0 aromatic heterocycles. The van der Waals surface area contributed by atoms with Crippen molar-refractivity contribution in [2.75, 3.05) is 7.05 Å². The van der Waals surface area contributed by atoms with E-state index in [9.17, 15) is 0 Å². The summed E-state index contributed by atoms with van der Waals surface area (Å²) in [6.07, 6.45) is 0.299. The molecule has 0 spiro atoms. The Morgan fingerprint density at radius 1 is 0.842 bits per heavy atom. The van der Waals surface area contributed by atoms with E-state index in [1.165, 1.54) is 16.0 Å². The lowest BCUT2D eigenvalue weighted by atomic mass is 10.0. The normalized spacial score (nSPS) is 30.4. The fourth-order valence-corrected chi connectivity index (χ4v) is 2.83. The predicted molar refractivity (Wildman–Crippen MR) is 75.8 cm³/mol. The zero-order valence-corrected chi connectivity index (χ0v) is 11.4. The number of ether oxygens (including phenoxy) is 1. The van der Waals surface area contributed by atoms with Gasteiger partial charge >= 0.3 is 0 Å². The molecule has 19 heavy (non-hydrogen) atoms. The highest BCUT2D eigenvalue weighted by Crippen LogP contribution is 2.30. The molecule has 2 heteroatoms. The Morgan fingerprint density at radius 2 is 1.37 bits per heavy atom. The van der Waals surface area contributed by atoms with Crippen LogP contribution in [0.15, 0.2) is 60.7 Å². The fourth-order valence-electron chi connectivity index (χ4n) is 2.83. The van der Waals surface area contributed by atoms with Crippen LogP contribution in [0.2, 0.25) is 0 Å². The van der Waals surface area contributed by atoms with Gasteiger partial charge in [-0.25, -0.2) is 0 Å². The van der Waals surface area contributed by atoms with E-state index in [1.54, 1.807) is 0 Å². The minimum atomic E-state index is 0.126. The zero-order chi connectivity index (χ0) is 13.2. The van der Waals surface area contributed by atoms with Crippen LogP contribution in [0.5, 0.6) is 0 Å². The first-order valence-corrected chi connectivity index (χ1v) is 6.86. The van der Waals surface area contributed by atoms with Gasteiger partial charge in [0.1, 0.15) is 12.1 Å². The van der Waals surface area contributed by atoms with Gasteiger partial charge < -0.3 is 9.64 Å². The summed E-state index contributed by atoms with van der Waals surface area (Å²) in [6, 6.07) is 21.5. The van der Waals surface area contributed by atoms with Crippen molar-refractivity contribution in [2.24, 2.45) is 0 Å². The second-order valence-corrected chi connectivity index (χ2v) is 5.29. The molecule has 0 radical (unpaired) electrons. The van der Waals surface area contributed by atoms with E-state index in [0.29, 0.717) is 6.04 Å². The summed E-state index contributed by atoms with van der Waals surface area (Å²) in [5.74, 6) is 0. The minimum absolute atomic E-state index is 0.126. The Bertz CT molecular complexity index is 476. The van der Waals surface area contributed by atoms with Gasteiger partial charge in [0.2, 0.25) is 6.23 Å². The second kappa shape index (κ2) is 5.16. The van der Waals surface area contributed by atoms with Crippen molar-refractivity contribution in [3.8, 4) is 0 Å². The molecule has 1 heterocycles. The maximum atomic E-state index is 6.32. The third-order valence-corrected chi connectivity index (χ3v) is 4.10. The summed E-state index contributed by atoms with van der Waals surface area (Å²) < 4.78 is 6.32. The van der Waals surface area contributed by atoms with Crippen LogP contribution in [0.1, 0.15) is 30.4 Å². The number of quaternary nitrogens is 1. The Hall–Kier alpha value is -1.64. The van der Waals surface area contributed by atoms with Crippen LogP contribution in [0.4, 0.5) is 0 Å². The van der Waals surface area contributed by atoms with Crippen LogP contribution in [0.25, 0.3) is 0 Å². The lowest BCUT2D eigenvalue weighted by Gasteiger charge is -2.18. The van der Waals surface area contributed by atoms with Gasteiger partial charge in [-0.2, -0.15) is 0 Å². The molecule has 0 amide bonds. The Morgan fingerprint density at radius 3 is 1.95 bits per heavy atom. The molecule has 0 bridgehead atoms. The van der Waals surface area contributed by atoms with Gasteiger partial charge in [0.15, 0.2) is 0 Å². The van der Waals surface area contributed by atoms with Gasteiger partial charge in [0.05, 0.1) is 7.05 Å². The zero-order valence-electron chi connectivity index (χ0n) is 11.4. The highest BCUT2D eigenvalue weighted by Gasteiger charge is 2.42. The van der Waals surface area contributed by atoms with Crippen molar-refractivity contribution in [1.82, 2.24) is 0 Å². The molecule has 1 aliphatic rings. The lowest BCUT2D eigenvalue weighted by Crippen LogP contribution is -3.10. The number of benzene rings is 2. The van der Waals surface area contributed by atoms with Crippen LogP contribution in [0.3, 0.4) is 0 Å².